The summed E-state index contributed by atoms with van der Waals surface area (Å²) in [4.78, 5) is 0. The average molecular weight is 217 g/mol. The van der Waals surface area contributed by atoms with Crippen LogP contribution < -0.4 is 0 Å². The normalized spacial score (nSPS) is 10.7. The molecule has 0 aliphatic rings. The summed E-state index contributed by atoms with van der Waals surface area (Å²) in [7, 11) is 0. The van der Waals surface area contributed by atoms with Gasteiger partial charge in [0.25, 0.3) is 0 Å². The van der Waals surface area contributed by atoms with Crippen LogP contribution in [0.3, 0.4) is 0 Å². The van der Waals surface area contributed by atoms with Crippen LogP contribution in [0, 0.1) is 4.77 Å². The van der Waals surface area contributed by atoms with Crippen molar-refractivity contribution in [2.45, 2.75) is 26.5 Å². The smallest absolute Gasteiger partial charge is 0.195 e. The Balaban J connectivity index is 2.48. The minimum atomic E-state index is -0.0955. The second-order valence-electron chi connectivity index (χ2n) is 2.81. The first kappa shape index (κ1) is 11.4. The molecule has 5 nitrogen and oxygen atoms in total. The topological polar surface area (TPSA) is 63.1 Å². The molecule has 0 bridgehead atoms. The summed E-state index contributed by atoms with van der Waals surface area (Å²) >= 11 is 5.01. The van der Waals surface area contributed by atoms with Crippen LogP contribution >= 0.6 is 12.2 Å². The summed E-state index contributed by atoms with van der Waals surface area (Å²) in [5.41, 5.74) is 0. The van der Waals surface area contributed by atoms with Crippen LogP contribution in [0.5, 0.6) is 0 Å². The molecule has 2 N–H and O–H groups in total. The van der Waals surface area contributed by atoms with Crippen LogP contribution in [0.15, 0.2) is 0 Å². The van der Waals surface area contributed by atoms with Gasteiger partial charge in [-0.3, -0.25) is 5.10 Å². The van der Waals surface area contributed by atoms with Crippen LogP contribution in [-0.2, 0) is 17.9 Å². The molecule has 1 rings (SSSR count). The number of ether oxygens (including phenoxy) is 1. The van der Waals surface area contributed by atoms with Crippen LogP contribution in [0.4, 0.5) is 0 Å². The van der Waals surface area contributed by atoms with E-state index in [9.17, 15) is 0 Å². The zero-order chi connectivity index (χ0) is 10.4. The van der Waals surface area contributed by atoms with Gasteiger partial charge in [0.05, 0.1) is 0 Å². The Morgan fingerprint density at radius 2 is 2.43 bits per heavy atom. The van der Waals surface area contributed by atoms with Gasteiger partial charge in [-0.15, -0.1) is 0 Å². The lowest BCUT2D eigenvalue weighted by atomic mass is 10.4. The second-order valence-corrected chi connectivity index (χ2v) is 3.19. The number of H-pyrrole nitrogens is 1. The third kappa shape index (κ3) is 2.90. The Labute approximate surface area is 87.7 Å². The van der Waals surface area contributed by atoms with Crippen molar-refractivity contribution in [3.8, 4) is 0 Å². The van der Waals surface area contributed by atoms with Gasteiger partial charge in [0.15, 0.2) is 10.6 Å². The number of hydrogen-bond acceptors (Lipinski definition) is 4. The Kier molecular flexibility index (Phi) is 4.78. The molecular formula is C8H15N3O2S. The molecule has 0 amide bonds. The maximum absolute atomic E-state index is 8.95. The first-order chi connectivity index (χ1) is 6.79. The molecular weight excluding hydrogens is 202 g/mol. The number of aliphatic hydroxyl groups excluding tert-OH is 1. The van der Waals surface area contributed by atoms with Crippen molar-refractivity contribution in [1.29, 1.82) is 0 Å². The highest BCUT2D eigenvalue weighted by Gasteiger charge is 2.03. The Morgan fingerprint density at radius 1 is 1.64 bits per heavy atom. The van der Waals surface area contributed by atoms with Crippen LogP contribution in [0.25, 0.3) is 0 Å². The number of nitrogens with zero attached hydrogens (tertiary/aromatic N) is 2. The van der Waals surface area contributed by atoms with E-state index in [0.717, 1.165) is 19.6 Å². The van der Waals surface area contributed by atoms with Gasteiger partial charge in [-0.25, -0.2) is 0 Å². The standard InChI is InChI=1S/C8H15N3O2S/c1-2-13-5-3-4-11-7(6-12)9-10-8(11)14/h12H,2-6H2,1H3,(H,10,14). The van der Waals surface area contributed by atoms with Crippen LogP contribution in [0.2, 0.25) is 0 Å². The SMILES string of the molecule is CCOCCCn1c(CO)n[nH]c1=S. The Hall–Kier alpha value is -0.720. The van der Waals surface area contributed by atoms with E-state index in [1.807, 2.05) is 6.92 Å². The van der Waals surface area contributed by atoms with E-state index in [4.69, 9.17) is 22.1 Å². The van der Waals surface area contributed by atoms with Gasteiger partial charge >= 0.3 is 0 Å². The highest BCUT2D eigenvalue weighted by Crippen LogP contribution is 1.99. The average Bonchev–Trinajstić information content (AvgIpc) is 2.55. The minimum absolute atomic E-state index is 0.0955. The predicted molar refractivity (Wildman–Crippen MR) is 54.4 cm³/mol. The molecule has 0 atom stereocenters. The highest BCUT2D eigenvalue weighted by atomic mass is 32.1. The summed E-state index contributed by atoms with van der Waals surface area (Å²) in [5, 5.41) is 15.5. The van der Waals surface area contributed by atoms with Crippen molar-refractivity contribution in [1.82, 2.24) is 14.8 Å². The molecule has 0 aliphatic heterocycles. The second kappa shape index (κ2) is 5.90. The van der Waals surface area contributed by atoms with Gasteiger partial charge in [0, 0.05) is 19.8 Å². The zero-order valence-corrected chi connectivity index (χ0v) is 9.01. The van der Waals surface area contributed by atoms with E-state index in [-0.39, 0.29) is 6.61 Å². The molecule has 0 saturated heterocycles. The Bertz CT molecular complexity index is 321. The van der Waals surface area contributed by atoms with Crippen molar-refractivity contribution >= 4 is 12.2 Å². The molecule has 0 fully saturated rings. The fourth-order valence-corrected chi connectivity index (χ4v) is 1.41. The van der Waals surface area contributed by atoms with Gasteiger partial charge in [0.2, 0.25) is 0 Å². The molecule has 0 aromatic carbocycles. The molecule has 1 aromatic heterocycles. The van der Waals surface area contributed by atoms with Crippen molar-refractivity contribution in [3.63, 3.8) is 0 Å². The van der Waals surface area contributed by atoms with Crippen molar-refractivity contribution in [3.05, 3.63) is 10.6 Å². The maximum atomic E-state index is 8.95. The monoisotopic (exact) mass is 217 g/mol. The molecule has 0 saturated carbocycles. The van der Waals surface area contributed by atoms with E-state index in [1.165, 1.54) is 0 Å². The lowest BCUT2D eigenvalue weighted by Crippen LogP contribution is -2.06. The zero-order valence-electron chi connectivity index (χ0n) is 8.19. The molecule has 1 heterocycles. The van der Waals surface area contributed by atoms with Crippen molar-refractivity contribution in [2.75, 3.05) is 13.2 Å². The molecule has 6 heteroatoms. The molecule has 80 valence electrons. The lowest BCUT2D eigenvalue weighted by Gasteiger charge is -2.04. The summed E-state index contributed by atoms with van der Waals surface area (Å²) < 4.78 is 7.54. The first-order valence-electron chi connectivity index (χ1n) is 4.62. The van der Waals surface area contributed by atoms with Crippen molar-refractivity contribution in [2.24, 2.45) is 0 Å². The first-order valence-corrected chi connectivity index (χ1v) is 5.03. The van der Waals surface area contributed by atoms with Gasteiger partial charge < -0.3 is 14.4 Å². The fraction of sp³-hybridized carbons (Fsp3) is 0.750. The lowest BCUT2D eigenvalue weighted by molar-refractivity contribution is 0.141. The van der Waals surface area contributed by atoms with Gasteiger partial charge in [0.1, 0.15) is 6.61 Å². The van der Waals surface area contributed by atoms with E-state index < -0.39 is 0 Å². The Morgan fingerprint density at radius 3 is 3.07 bits per heavy atom. The van der Waals surface area contributed by atoms with Gasteiger partial charge in [-0.2, -0.15) is 5.10 Å². The quantitative estimate of drug-likeness (QED) is 0.548. The van der Waals surface area contributed by atoms with Gasteiger partial charge in [-0.05, 0) is 25.6 Å². The fourth-order valence-electron chi connectivity index (χ4n) is 1.17. The van der Waals surface area contributed by atoms with E-state index >= 15 is 0 Å². The molecule has 0 aliphatic carbocycles. The van der Waals surface area contributed by atoms with Gasteiger partial charge in [-0.1, -0.05) is 0 Å². The summed E-state index contributed by atoms with van der Waals surface area (Å²) in [6.07, 6.45) is 0.870. The summed E-state index contributed by atoms with van der Waals surface area (Å²) in [6, 6.07) is 0. The highest BCUT2D eigenvalue weighted by molar-refractivity contribution is 7.71. The minimum Gasteiger partial charge on any atom is -0.388 e. The number of aromatic nitrogens is 3. The third-order valence-corrected chi connectivity index (χ3v) is 2.16. The summed E-state index contributed by atoms with van der Waals surface area (Å²) in [6.45, 7) is 4.02. The molecule has 0 spiro atoms. The number of nitrogens with one attached hydrogen (secondary N) is 1. The molecule has 14 heavy (non-hydrogen) atoms. The van der Waals surface area contributed by atoms with E-state index in [1.54, 1.807) is 4.57 Å². The number of rotatable bonds is 6. The molecule has 0 unspecified atom stereocenters. The number of aromatic amines is 1. The maximum Gasteiger partial charge on any atom is 0.195 e. The van der Waals surface area contributed by atoms with E-state index in [0.29, 0.717) is 17.2 Å². The molecule has 1 aromatic rings. The molecule has 0 radical (unpaired) electrons. The van der Waals surface area contributed by atoms with E-state index in [2.05, 4.69) is 10.2 Å². The number of hydrogen-bond donors (Lipinski definition) is 2. The summed E-state index contributed by atoms with van der Waals surface area (Å²) in [5.74, 6) is 0.575. The number of aliphatic hydroxyl groups is 1. The largest absolute Gasteiger partial charge is 0.388 e. The predicted octanol–water partition coefficient (Wildman–Crippen LogP) is 0.860. The third-order valence-electron chi connectivity index (χ3n) is 1.85. The van der Waals surface area contributed by atoms with Crippen LogP contribution in [0.1, 0.15) is 19.2 Å². The van der Waals surface area contributed by atoms with Crippen LogP contribution in [-0.4, -0.2) is 33.1 Å². The van der Waals surface area contributed by atoms with Crippen molar-refractivity contribution < 1.29 is 9.84 Å².